The first-order chi connectivity index (χ1) is 7.83. The smallest absolute Gasteiger partial charge is 0.150 e. The summed E-state index contributed by atoms with van der Waals surface area (Å²) in [5, 5.41) is 0. The molecular formula is C13H13NO2. The molecule has 3 heteroatoms. The van der Waals surface area contributed by atoms with E-state index in [0.717, 1.165) is 11.5 Å². The van der Waals surface area contributed by atoms with Gasteiger partial charge < -0.3 is 13.7 Å². The van der Waals surface area contributed by atoms with Crippen molar-refractivity contribution in [2.45, 2.75) is 13.2 Å². The monoisotopic (exact) mass is 215 g/mol. The first-order valence-electron chi connectivity index (χ1n) is 5.08. The maximum Gasteiger partial charge on any atom is 0.150 e. The van der Waals surface area contributed by atoms with E-state index in [1.165, 1.54) is 0 Å². The molecule has 0 N–H and O–H groups in total. The van der Waals surface area contributed by atoms with Crippen molar-refractivity contribution < 1.29 is 9.15 Å². The third kappa shape index (κ3) is 2.02. The SMILES string of the molecule is C#CCOC(C)n1cccc1-c1ccco1. The first-order valence-corrected chi connectivity index (χ1v) is 5.08. The van der Waals surface area contributed by atoms with Crippen molar-refractivity contribution in [3.05, 3.63) is 36.7 Å². The van der Waals surface area contributed by atoms with Crippen LogP contribution in [-0.4, -0.2) is 11.2 Å². The molecule has 2 aromatic rings. The molecular weight excluding hydrogens is 202 g/mol. The first kappa shape index (κ1) is 10.6. The Kier molecular flexibility index (Phi) is 3.13. The minimum absolute atomic E-state index is 0.105. The Morgan fingerprint density at radius 1 is 1.50 bits per heavy atom. The fourth-order valence-corrected chi connectivity index (χ4v) is 1.59. The lowest BCUT2D eigenvalue weighted by Crippen LogP contribution is -2.09. The van der Waals surface area contributed by atoms with Crippen LogP contribution in [0.5, 0.6) is 0 Å². The van der Waals surface area contributed by atoms with Crippen LogP contribution in [0.4, 0.5) is 0 Å². The van der Waals surface area contributed by atoms with E-state index < -0.39 is 0 Å². The van der Waals surface area contributed by atoms with Crippen LogP contribution in [0.2, 0.25) is 0 Å². The zero-order valence-electron chi connectivity index (χ0n) is 9.09. The molecule has 0 aliphatic rings. The number of furan rings is 1. The fourth-order valence-electron chi connectivity index (χ4n) is 1.59. The van der Waals surface area contributed by atoms with Crippen molar-refractivity contribution in [2.24, 2.45) is 0 Å². The van der Waals surface area contributed by atoms with Gasteiger partial charge in [-0.1, -0.05) is 5.92 Å². The van der Waals surface area contributed by atoms with Gasteiger partial charge in [-0.2, -0.15) is 0 Å². The van der Waals surface area contributed by atoms with Gasteiger partial charge in [-0.25, -0.2) is 0 Å². The van der Waals surface area contributed by atoms with Crippen LogP contribution in [0, 0.1) is 12.3 Å². The molecule has 0 radical (unpaired) electrons. The third-order valence-electron chi connectivity index (χ3n) is 2.35. The van der Waals surface area contributed by atoms with Gasteiger partial charge in [-0.15, -0.1) is 6.42 Å². The summed E-state index contributed by atoms with van der Waals surface area (Å²) in [4.78, 5) is 0. The molecule has 2 aromatic heterocycles. The van der Waals surface area contributed by atoms with E-state index in [1.807, 2.05) is 42.0 Å². The average molecular weight is 215 g/mol. The molecule has 0 bridgehead atoms. The van der Waals surface area contributed by atoms with Gasteiger partial charge in [0, 0.05) is 6.20 Å². The molecule has 0 saturated carbocycles. The quantitative estimate of drug-likeness (QED) is 0.733. The van der Waals surface area contributed by atoms with E-state index in [9.17, 15) is 0 Å². The van der Waals surface area contributed by atoms with Gasteiger partial charge in [0.15, 0.2) is 0 Å². The predicted octanol–water partition coefficient (Wildman–Crippen LogP) is 2.92. The molecule has 0 aliphatic carbocycles. The van der Waals surface area contributed by atoms with Crippen molar-refractivity contribution in [3.8, 4) is 23.8 Å². The zero-order valence-corrected chi connectivity index (χ0v) is 9.09. The van der Waals surface area contributed by atoms with Crippen LogP contribution in [-0.2, 0) is 4.74 Å². The fraction of sp³-hybridized carbons (Fsp3) is 0.231. The van der Waals surface area contributed by atoms with E-state index in [2.05, 4.69) is 5.92 Å². The van der Waals surface area contributed by atoms with Crippen molar-refractivity contribution in [1.82, 2.24) is 4.57 Å². The second-order valence-electron chi connectivity index (χ2n) is 3.39. The summed E-state index contributed by atoms with van der Waals surface area (Å²) in [5.74, 6) is 3.28. The lowest BCUT2D eigenvalue weighted by molar-refractivity contribution is 0.0394. The van der Waals surface area contributed by atoms with Gasteiger partial charge >= 0.3 is 0 Å². The van der Waals surface area contributed by atoms with Crippen LogP contribution < -0.4 is 0 Å². The third-order valence-corrected chi connectivity index (χ3v) is 2.35. The number of rotatable bonds is 4. The maximum atomic E-state index is 5.46. The standard InChI is InChI=1S/C13H13NO2/c1-3-9-15-11(2)14-8-4-6-12(14)13-7-5-10-16-13/h1,4-8,10-11H,9H2,2H3. The molecule has 1 atom stereocenters. The summed E-state index contributed by atoms with van der Waals surface area (Å²) in [6.07, 6.45) is 8.65. The lowest BCUT2D eigenvalue weighted by atomic mass is 10.3. The molecule has 16 heavy (non-hydrogen) atoms. The second kappa shape index (κ2) is 4.73. The van der Waals surface area contributed by atoms with Gasteiger partial charge in [-0.3, -0.25) is 0 Å². The Balaban J connectivity index is 2.23. The number of nitrogens with zero attached hydrogens (tertiary/aromatic N) is 1. The highest BCUT2D eigenvalue weighted by Crippen LogP contribution is 2.24. The lowest BCUT2D eigenvalue weighted by Gasteiger charge is -2.15. The number of hydrogen-bond donors (Lipinski definition) is 0. The van der Waals surface area contributed by atoms with Gasteiger partial charge in [-0.05, 0) is 31.2 Å². The molecule has 2 rings (SSSR count). The topological polar surface area (TPSA) is 27.3 Å². The van der Waals surface area contributed by atoms with Gasteiger partial charge in [0.1, 0.15) is 18.6 Å². The second-order valence-corrected chi connectivity index (χ2v) is 3.39. The summed E-state index contributed by atoms with van der Waals surface area (Å²) in [5.41, 5.74) is 0.981. The maximum absolute atomic E-state index is 5.46. The average Bonchev–Trinajstić information content (AvgIpc) is 2.94. The molecule has 3 nitrogen and oxygen atoms in total. The Morgan fingerprint density at radius 3 is 3.06 bits per heavy atom. The van der Waals surface area contributed by atoms with Crippen LogP contribution in [0.25, 0.3) is 11.5 Å². The highest BCUT2D eigenvalue weighted by molar-refractivity contribution is 5.52. The van der Waals surface area contributed by atoms with E-state index >= 15 is 0 Å². The van der Waals surface area contributed by atoms with Crippen molar-refractivity contribution in [3.63, 3.8) is 0 Å². The number of ether oxygens (including phenoxy) is 1. The van der Waals surface area contributed by atoms with Crippen molar-refractivity contribution in [1.29, 1.82) is 0 Å². The highest BCUT2D eigenvalue weighted by Gasteiger charge is 2.11. The Hall–Kier alpha value is -1.92. The van der Waals surface area contributed by atoms with E-state index in [4.69, 9.17) is 15.6 Å². The molecule has 82 valence electrons. The highest BCUT2D eigenvalue weighted by atomic mass is 16.5. The molecule has 0 saturated heterocycles. The summed E-state index contributed by atoms with van der Waals surface area (Å²) in [6, 6.07) is 7.71. The normalized spacial score (nSPS) is 12.2. The largest absolute Gasteiger partial charge is 0.463 e. The number of terminal acetylenes is 1. The Bertz CT molecular complexity index is 476. The molecule has 2 heterocycles. The van der Waals surface area contributed by atoms with Crippen LogP contribution in [0.3, 0.4) is 0 Å². The van der Waals surface area contributed by atoms with Crippen molar-refractivity contribution >= 4 is 0 Å². The number of aromatic nitrogens is 1. The predicted molar refractivity (Wildman–Crippen MR) is 61.6 cm³/mol. The van der Waals surface area contributed by atoms with Gasteiger partial charge in [0.25, 0.3) is 0 Å². The Morgan fingerprint density at radius 2 is 2.38 bits per heavy atom. The summed E-state index contributed by atoms with van der Waals surface area (Å²) in [7, 11) is 0. The van der Waals surface area contributed by atoms with Gasteiger partial charge in [0.05, 0.1) is 12.0 Å². The van der Waals surface area contributed by atoms with E-state index in [1.54, 1.807) is 6.26 Å². The summed E-state index contributed by atoms with van der Waals surface area (Å²) < 4.78 is 12.8. The molecule has 0 amide bonds. The number of hydrogen-bond acceptors (Lipinski definition) is 2. The van der Waals surface area contributed by atoms with Crippen molar-refractivity contribution in [2.75, 3.05) is 6.61 Å². The Labute approximate surface area is 94.6 Å². The molecule has 0 spiro atoms. The molecule has 0 aromatic carbocycles. The molecule has 1 unspecified atom stereocenters. The van der Waals surface area contributed by atoms with Crippen LogP contribution in [0.1, 0.15) is 13.2 Å². The van der Waals surface area contributed by atoms with Crippen LogP contribution >= 0.6 is 0 Å². The molecule has 0 aliphatic heterocycles. The van der Waals surface area contributed by atoms with E-state index in [-0.39, 0.29) is 6.23 Å². The summed E-state index contributed by atoms with van der Waals surface area (Å²) >= 11 is 0. The van der Waals surface area contributed by atoms with Gasteiger partial charge in [0.2, 0.25) is 0 Å². The molecule has 0 fully saturated rings. The minimum Gasteiger partial charge on any atom is -0.463 e. The van der Waals surface area contributed by atoms with E-state index in [0.29, 0.717) is 6.61 Å². The minimum atomic E-state index is -0.105. The zero-order chi connectivity index (χ0) is 11.4. The van der Waals surface area contributed by atoms with Crippen LogP contribution in [0.15, 0.2) is 41.1 Å². The summed E-state index contributed by atoms with van der Waals surface area (Å²) in [6.45, 7) is 2.25.